The summed E-state index contributed by atoms with van der Waals surface area (Å²) in [6.07, 6.45) is 6.85. The molecule has 4 nitrogen and oxygen atoms in total. The molecule has 1 saturated carbocycles. The van der Waals surface area contributed by atoms with Crippen LogP contribution in [0.2, 0.25) is 0 Å². The third-order valence-electron chi connectivity index (χ3n) is 7.00. The van der Waals surface area contributed by atoms with Crippen LogP contribution in [0.5, 0.6) is 0 Å². The molecule has 0 spiro atoms. The Hall–Kier alpha value is -1.56. The Labute approximate surface area is 190 Å². The maximum Gasteiger partial charge on any atom is 0.254 e. The van der Waals surface area contributed by atoms with Gasteiger partial charge in [0.2, 0.25) is 0 Å². The molecule has 1 N–H and O–H groups in total. The van der Waals surface area contributed by atoms with Crippen LogP contribution in [0.15, 0.2) is 41.2 Å². The molecule has 168 valence electrons. The normalized spacial score (nSPS) is 25.9. The molecule has 1 aliphatic carbocycles. The van der Waals surface area contributed by atoms with Gasteiger partial charge in [-0.2, -0.15) is 0 Å². The summed E-state index contributed by atoms with van der Waals surface area (Å²) in [4.78, 5) is 13.0. The average molecular weight is 441 g/mol. The minimum atomic E-state index is 0.0602. The molecule has 0 saturated heterocycles. The number of benzene rings is 1. The van der Waals surface area contributed by atoms with Gasteiger partial charge in [0.1, 0.15) is 0 Å². The molecule has 2 aromatic rings. The molecular formula is C26H36N2O2S. The summed E-state index contributed by atoms with van der Waals surface area (Å²) in [6.45, 7) is 6.82. The van der Waals surface area contributed by atoms with Gasteiger partial charge in [0.25, 0.3) is 5.56 Å². The van der Waals surface area contributed by atoms with Crippen LogP contribution in [0.4, 0.5) is 0 Å². The smallest absolute Gasteiger partial charge is 0.254 e. The Balaban J connectivity index is 1.41. The molecule has 2 atom stereocenters. The number of aryl methyl sites for hydroxylation is 3. The topological polar surface area (TPSA) is 43.3 Å². The van der Waals surface area contributed by atoms with Gasteiger partial charge in [0, 0.05) is 23.1 Å². The van der Waals surface area contributed by atoms with Gasteiger partial charge in [-0.05, 0) is 69.9 Å². The molecule has 1 aliphatic heterocycles. The van der Waals surface area contributed by atoms with Gasteiger partial charge in [0.15, 0.2) is 0 Å². The third kappa shape index (κ3) is 5.27. The number of hydrogen-bond donors (Lipinski definition) is 1. The maximum absolute atomic E-state index is 13.0. The monoisotopic (exact) mass is 440 g/mol. The Bertz CT molecular complexity index is 916. The first kappa shape index (κ1) is 22.6. The van der Waals surface area contributed by atoms with E-state index in [1.807, 2.05) is 17.6 Å². The zero-order chi connectivity index (χ0) is 21.8. The van der Waals surface area contributed by atoms with Crippen molar-refractivity contribution in [2.45, 2.75) is 83.4 Å². The van der Waals surface area contributed by atoms with Crippen LogP contribution in [0, 0.1) is 13.8 Å². The molecule has 4 rings (SSSR count). The second-order valence-electron chi connectivity index (χ2n) is 9.16. The van der Waals surface area contributed by atoms with Crippen LogP contribution >= 0.6 is 11.9 Å². The molecule has 2 heterocycles. The molecule has 31 heavy (non-hydrogen) atoms. The number of nitrogens with one attached hydrogen (secondary N) is 1. The van der Waals surface area contributed by atoms with Crippen LogP contribution in [-0.4, -0.2) is 29.1 Å². The van der Waals surface area contributed by atoms with Gasteiger partial charge in [-0.3, -0.25) is 9.52 Å². The molecule has 1 aromatic carbocycles. The summed E-state index contributed by atoms with van der Waals surface area (Å²) in [6, 6.07) is 13.4. The molecule has 0 amide bonds. The lowest BCUT2D eigenvalue weighted by molar-refractivity contribution is -0.00152. The molecule has 0 bridgehead atoms. The Morgan fingerprint density at radius 1 is 1.03 bits per heavy atom. The highest BCUT2D eigenvalue weighted by atomic mass is 32.2. The number of rotatable bonds is 7. The van der Waals surface area contributed by atoms with Gasteiger partial charge in [-0.1, -0.05) is 54.8 Å². The van der Waals surface area contributed by atoms with E-state index in [-0.39, 0.29) is 17.6 Å². The van der Waals surface area contributed by atoms with Crippen molar-refractivity contribution in [1.29, 1.82) is 0 Å². The van der Waals surface area contributed by atoms with E-state index in [1.165, 1.54) is 24.0 Å². The van der Waals surface area contributed by atoms with E-state index >= 15 is 0 Å². The average Bonchev–Trinajstić information content (AvgIpc) is 2.80. The van der Waals surface area contributed by atoms with Crippen LogP contribution < -0.4 is 10.3 Å². The highest BCUT2D eigenvalue weighted by Gasteiger charge is 2.32. The minimum Gasteiger partial charge on any atom is -0.376 e. The first-order valence-electron chi connectivity index (χ1n) is 11.8. The van der Waals surface area contributed by atoms with E-state index in [4.69, 9.17) is 4.74 Å². The molecule has 1 aromatic heterocycles. The summed E-state index contributed by atoms with van der Waals surface area (Å²) < 4.78 is 12.1. The summed E-state index contributed by atoms with van der Waals surface area (Å²) in [5.41, 5.74) is 4.89. The number of ether oxygens (including phenoxy) is 1. The fourth-order valence-electron chi connectivity index (χ4n) is 5.09. The summed E-state index contributed by atoms with van der Waals surface area (Å²) >= 11 is 1.74. The van der Waals surface area contributed by atoms with Gasteiger partial charge >= 0.3 is 0 Å². The number of nitrogens with zero attached hydrogens (tertiary/aromatic N) is 1. The zero-order valence-corrected chi connectivity index (χ0v) is 19.9. The number of pyridine rings is 1. The number of aromatic nitrogens is 1. The summed E-state index contributed by atoms with van der Waals surface area (Å²) in [7, 11) is 0. The van der Waals surface area contributed by atoms with Crippen molar-refractivity contribution in [2.75, 3.05) is 12.4 Å². The largest absolute Gasteiger partial charge is 0.376 e. The van der Waals surface area contributed by atoms with Crippen LogP contribution in [0.3, 0.4) is 0 Å². The highest BCUT2D eigenvalue weighted by Crippen LogP contribution is 2.35. The minimum absolute atomic E-state index is 0.0602. The molecular weight excluding hydrogens is 404 g/mol. The SMILES string of the molecule is CCSNC1CCc2ccc(C)c(=O)n2C1COC1CCC(c2ccc(C)cc2)CC1. The van der Waals surface area contributed by atoms with Crippen LogP contribution in [-0.2, 0) is 11.2 Å². The van der Waals surface area contributed by atoms with E-state index in [2.05, 4.69) is 48.9 Å². The molecule has 1 fully saturated rings. The predicted molar refractivity (Wildman–Crippen MR) is 130 cm³/mol. The van der Waals surface area contributed by atoms with Crippen molar-refractivity contribution in [1.82, 2.24) is 9.29 Å². The third-order valence-corrected chi connectivity index (χ3v) is 7.76. The number of hydrogen-bond acceptors (Lipinski definition) is 4. The lowest BCUT2D eigenvalue weighted by atomic mass is 9.82. The van der Waals surface area contributed by atoms with Crippen LogP contribution in [0.25, 0.3) is 0 Å². The number of fused-ring (bicyclic) bond motifs is 1. The summed E-state index contributed by atoms with van der Waals surface area (Å²) in [5.74, 6) is 1.67. The van der Waals surface area contributed by atoms with Crippen LogP contribution in [0.1, 0.15) is 73.4 Å². The van der Waals surface area contributed by atoms with Crippen molar-refractivity contribution >= 4 is 11.9 Å². The molecule has 5 heteroatoms. The fraction of sp³-hybridized carbons (Fsp3) is 0.577. The summed E-state index contributed by atoms with van der Waals surface area (Å²) in [5, 5.41) is 0. The van der Waals surface area contributed by atoms with Gasteiger partial charge < -0.3 is 9.30 Å². The Morgan fingerprint density at radius 3 is 2.48 bits per heavy atom. The standard InChI is InChI=1S/C26H36N2O2S/c1-4-31-27-24-16-13-22-12-7-19(3)26(29)28(22)25(24)17-30-23-14-10-21(11-15-23)20-8-5-18(2)6-9-20/h5-9,12,21,23-25,27H,4,10-11,13-17H2,1-3H3. The van der Waals surface area contributed by atoms with E-state index in [1.54, 1.807) is 11.9 Å². The molecule has 2 aliphatic rings. The zero-order valence-electron chi connectivity index (χ0n) is 19.1. The predicted octanol–water partition coefficient (Wildman–Crippen LogP) is 5.32. The first-order valence-corrected chi connectivity index (χ1v) is 12.8. The Morgan fingerprint density at radius 2 is 1.77 bits per heavy atom. The Kier molecular flexibility index (Phi) is 7.57. The van der Waals surface area contributed by atoms with Crippen molar-refractivity contribution in [2.24, 2.45) is 0 Å². The quantitative estimate of drug-likeness (QED) is 0.592. The highest BCUT2D eigenvalue weighted by molar-refractivity contribution is 7.97. The van der Waals surface area contributed by atoms with E-state index in [0.29, 0.717) is 18.6 Å². The first-order chi connectivity index (χ1) is 15.1. The van der Waals surface area contributed by atoms with Crippen molar-refractivity contribution in [3.05, 3.63) is 69.1 Å². The molecule has 2 unspecified atom stereocenters. The lowest BCUT2D eigenvalue weighted by Gasteiger charge is -2.37. The van der Waals surface area contributed by atoms with Crippen molar-refractivity contribution in [3.8, 4) is 0 Å². The van der Waals surface area contributed by atoms with E-state index in [0.717, 1.165) is 42.7 Å². The second kappa shape index (κ2) is 10.4. The van der Waals surface area contributed by atoms with E-state index < -0.39 is 0 Å². The second-order valence-corrected chi connectivity index (χ2v) is 10.3. The van der Waals surface area contributed by atoms with Gasteiger partial charge in [-0.15, -0.1) is 0 Å². The fourth-order valence-corrected chi connectivity index (χ4v) is 5.75. The van der Waals surface area contributed by atoms with Gasteiger partial charge in [-0.25, -0.2) is 0 Å². The van der Waals surface area contributed by atoms with Crippen molar-refractivity contribution < 1.29 is 4.74 Å². The molecule has 0 radical (unpaired) electrons. The van der Waals surface area contributed by atoms with E-state index in [9.17, 15) is 4.79 Å². The lowest BCUT2D eigenvalue weighted by Crippen LogP contribution is -2.46. The maximum atomic E-state index is 13.0. The van der Waals surface area contributed by atoms with Crippen molar-refractivity contribution in [3.63, 3.8) is 0 Å². The van der Waals surface area contributed by atoms with Gasteiger partial charge in [0.05, 0.1) is 18.8 Å².